The third kappa shape index (κ3) is 4.44. The van der Waals surface area contributed by atoms with E-state index >= 15 is 0 Å². The Balaban J connectivity index is 1.48. The van der Waals surface area contributed by atoms with Gasteiger partial charge in [0, 0.05) is 30.8 Å². The van der Waals surface area contributed by atoms with Crippen LogP contribution in [0.3, 0.4) is 0 Å². The second-order valence-electron chi connectivity index (χ2n) is 6.67. The molecule has 2 aromatic carbocycles. The van der Waals surface area contributed by atoms with Crippen molar-refractivity contribution in [1.82, 2.24) is 20.4 Å². The monoisotopic (exact) mass is 378 g/mol. The van der Waals surface area contributed by atoms with Crippen LogP contribution in [0.5, 0.6) is 0 Å². The van der Waals surface area contributed by atoms with Crippen molar-refractivity contribution in [3.05, 3.63) is 72.1 Å². The van der Waals surface area contributed by atoms with Crippen LogP contribution in [0.25, 0.3) is 11.5 Å². The Morgan fingerprint density at radius 1 is 1.07 bits per heavy atom. The van der Waals surface area contributed by atoms with E-state index in [1.54, 1.807) is 12.1 Å². The molecule has 1 atom stereocenters. The van der Waals surface area contributed by atoms with Crippen LogP contribution in [0, 0.1) is 0 Å². The van der Waals surface area contributed by atoms with Gasteiger partial charge in [-0.05, 0) is 29.8 Å². The Bertz CT molecular complexity index is 876. The lowest BCUT2D eigenvalue weighted by Gasteiger charge is -2.31. The van der Waals surface area contributed by atoms with Crippen molar-refractivity contribution in [2.24, 2.45) is 0 Å². The number of carbonyl (C=O) groups is 1. The largest absolute Gasteiger partial charge is 0.423 e. The molecule has 2 heterocycles. The van der Waals surface area contributed by atoms with E-state index in [0.29, 0.717) is 11.5 Å². The zero-order valence-electron chi connectivity index (χ0n) is 15.5. The van der Waals surface area contributed by atoms with Gasteiger partial charge in [-0.2, -0.15) is 0 Å². The summed E-state index contributed by atoms with van der Waals surface area (Å²) in [5.41, 5.74) is 2.46. The number of morpholine rings is 1. The highest BCUT2D eigenvalue weighted by atomic mass is 16.5. The number of carbonyl (C=O) groups excluding carboxylic acids is 1. The Kier molecular flexibility index (Phi) is 5.75. The SMILES string of the molecule is O=C(N[C@H](CN1CCOCC1)c1ccccc1)c1ccc(-c2nnco2)cc1. The number of amides is 1. The number of aromatic nitrogens is 2. The molecule has 1 N–H and O–H groups in total. The first-order chi connectivity index (χ1) is 13.8. The number of benzene rings is 2. The lowest BCUT2D eigenvalue weighted by Crippen LogP contribution is -2.43. The minimum atomic E-state index is -0.112. The number of nitrogens with zero attached hydrogens (tertiary/aromatic N) is 3. The Hall–Kier alpha value is -3.03. The van der Waals surface area contributed by atoms with Crippen molar-refractivity contribution >= 4 is 5.91 Å². The van der Waals surface area contributed by atoms with Gasteiger partial charge in [0.25, 0.3) is 5.91 Å². The number of hydrogen-bond donors (Lipinski definition) is 1. The fraction of sp³-hybridized carbons (Fsp3) is 0.286. The second kappa shape index (κ2) is 8.77. The van der Waals surface area contributed by atoms with Crippen LogP contribution < -0.4 is 5.32 Å². The molecule has 1 fully saturated rings. The maximum Gasteiger partial charge on any atom is 0.251 e. The van der Waals surface area contributed by atoms with Crippen molar-refractivity contribution in [1.29, 1.82) is 0 Å². The number of nitrogens with one attached hydrogen (secondary N) is 1. The zero-order chi connectivity index (χ0) is 19.2. The van der Waals surface area contributed by atoms with E-state index in [2.05, 4.69) is 20.4 Å². The predicted molar refractivity (Wildman–Crippen MR) is 104 cm³/mol. The van der Waals surface area contributed by atoms with Crippen LogP contribution in [0.15, 0.2) is 65.4 Å². The smallest absolute Gasteiger partial charge is 0.251 e. The van der Waals surface area contributed by atoms with Gasteiger partial charge in [0.2, 0.25) is 12.3 Å². The minimum absolute atomic E-state index is 0.0950. The summed E-state index contributed by atoms with van der Waals surface area (Å²) in [7, 11) is 0. The summed E-state index contributed by atoms with van der Waals surface area (Å²) in [5, 5.41) is 10.7. The third-order valence-corrected chi connectivity index (χ3v) is 4.81. The van der Waals surface area contributed by atoms with Gasteiger partial charge in [-0.15, -0.1) is 10.2 Å². The molecular weight excluding hydrogens is 356 g/mol. The summed E-state index contributed by atoms with van der Waals surface area (Å²) in [5.74, 6) is 0.320. The van der Waals surface area contributed by atoms with Gasteiger partial charge in [0.15, 0.2) is 0 Å². The van der Waals surface area contributed by atoms with E-state index in [9.17, 15) is 4.79 Å². The van der Waals surface area contributed by atoms with E-state index in [-0.39, 0.29) is 11.9 Å². The molecule has 3 aromatic rings. The first-order valence-electron chi connectivity index (χ1n) is 9.32. The van der Waals surface area contributed by atoms with Crippen molar-refractivity contribution in [2.75, 3.05) is 32.8 Å². The lowest BCUT2D eigenvalue weighted by molar-refractivity contribution is 0.0332. The lowest BCUT2D eigenvalue weighted by atomic mass is 10.0. The van der Waals surface area contributed by atoms with Crippen molar-refractivity contribution in [2.45, 2.75) is 6.04 Å². The maximum atomic E-state index is 12.9. The van der Waals surface area contributed by atoms with E-state index in [1.807, 2.05) is 42.5 Å². The van der Waals surface area contributed by atoms with Crippen molar-refractivity contribution in [3.63, 3.8) is 0 Å². The molecule has 0 radical (unpaired) electrons. The molecule has 28 heavy (non-hydrogen) atoms. The fourth-order valence-electron chi connectivity index (χ4n) is 3.27. The molecule has 1 aromatic heterocycles. The topological polar surface area (TPSA) is 80.5 Å². The molecule has 0 spiro atoms. The van der Waals surface area contributed by atoms with E-state index in [4.69, 9.17) is 9.15 Å². The second-order valence-corrected chi connectivity index (χ2v) is 6.67. The van der Waals surface area contributed by atoms with Gasteiger partial charge >= 0.3 is 0 Å². The summed E-state index contributed by atoms with van der Waals surface area (Å²) in [6.07, 6.45) is 1.28. The highest BCUT2D eigenvalue weighted by Gasteiger charge is 2.20. The van der Waals surface area contributed by atoms with Gasteiger partial charge in [0.05, 0.1) is 19.3 Å². The number of rotatable bonds is 6. The maximum absolute atomic E-state index is 12.9. The highest BCUT2D eigenvalue weighted by Crippen LogP contribution is 2.19. The minimum Gasteiger partial charge on any atom is -0.423 e. The number of ether oxygens (including phenoxy) is 1. The summed E-state index contributed by atoms with van der Waals surface area (Å²) >= 11 is 0. The number of hydrogen-bond acceptors (Lipinski definition) is 6. The highest BCUT2D eigenvalue weighted by molar-refractivity contribution is 5.94. The molecule has 7 nitrogen and oxygen atoms in total. The molecule has 0 saturated carbocycles. The predicted octanol–water partition coefficient (Wildman–Crippen LogP) is 2.54. The fourth-order valence-corrected chi connectivity index (χ4v) is 3.27. The zero-order valence-corrected chi connectivity index (χ0v) is 15.5. The van der Waals surface area contributed by atoms with Gasteiger partial charge in [-0.3, -0.25) is 9.69 Å². The summed E-state index contributed by atoms with van der Waals surface area (Å²) in [6.45, 7) is 3.95. The molecule has 1 amide bonds. The average Bonchev–Trinajstić information content (AvgIpc) is 3.30. The average molecular weight is 378 g/mol. The Labute approximate surface area is 163 Å². The van der Waals surface area contributed by atoms with Gasteiger partial charge in [0.1, 0.15) is 0 Å². The van der Waals surface area contributed by atoms with Gasteiger partial charge in [-0.25, -0.2) is 0 Å². The Morgan fingerprint density at radius 2 is 1.82 bits per heavy atom. The molecule has 0 bridgehead atoms. The van der Waals surface area contributed by atoms with Crippen LogP contribution in [0.1, 0.15) is 22.0 Å². The standard InChI is InChI=1S/C21H22N4O3/c26-20(17-6-8-18(9-7-17)21-24-22-15-28-21)23-19(16-4-2-1-3-5-16)14-25-10-12-27-13-11-25/h1-9,15,19H,10-14H2,(H,23,26)/t19-/m1/s1. The van der Waals surface area contributed by atoms with Crippen LogP contribution >= 0.6 is 0 Å². The van der Waals surface area contributed by atoms with Crippen LogP contribution in [0.2, 0.25) is 0 Å². The Morgan fingerprint density at radius 3 is 2.50 bits per heavy atom. The molecule has 7 heteroatoms. The molecule has 1 aliphatic heterocycles. The van der Waals surface area contributed by atoms with Crippen molar-refractivity contribution < 1.29 is 13.9 Å². The van der Waals surface area contributed by atoms with Crippen LogP contribution in [-0.2, 0) is 4.74 Å². The molecule has 4 rings (SSSR count). The molecule has 1 saturated heterocycles. The summed E-state index contributed by atoms with van der Waals surface area (Å²) < 4.78 is 10.6. The summed E-state index contributed by atoms with van der Waals surface area (Å²) in [4.78, 5) is 15.2. The molecule has 144 valence electrons. The first-order valence-corrected chi connectivity index (χ1v) is 9.32. The van der Waals surface area contributed by atoms with Gasteiger partial charge in [-0.1, -0.05) is 30.3 Å². The molecule has 0 unspecified atom stereocenters. The van der Waals surface area contributed by atoms with Gasteiger partial charge < -0.3 is 14.5 Å². The first kappa shape index (κ1) is 18.3. The summed E-state index contributed by atoms with van der Waals surface area (Å²) in [6, 6.07) is 17.1. The third-order valence-electron chi connectivity index (χ3n) is 4.81. The van der Waals surface area contributed by atoms with E-state index in [1.165, 1.54) is 6.39 Å². The van der Waals surface area contributed by atoms with E-state index < -0.39 is 0 Å². The van der Waals surface area contributed by atoms with E-state index in [0.717, 1.165) is 44.0 Å². The molecule has 0 aliphatic carbocycles. The normalized spacial score (nSPS) is 15.9. The molecular formula is C21H22N4O3. The van der Waals surface area contributed by atoms with Crippen LogP contribution in [0.4, 0.5) is 0 Å². The quantitative estimate of drug-likeness (QED) is 0.710. The van der Waals surface area contributed by atoms with Crippen LogP contribution in [-0.4, -0.2) is 53.9 Å². The van der Waals surface area contributed by atoms with Crippen molar-refractivity contribution in [3.8, 4) is 11.5 Å². The molecule has 1 aliphatic rings.